The van der Waals surface area contributed by atoms with Crippen molar-refractivity contribution in [2.75, 3.05) is 18.5 Å². The second-order valence-corrected chi connectivity index (χ2v) is 6.81. The summed E-state index contributed by atoms with van der Waals surface area (Å²) < 4.78 is 16.7. The predicted molar refractivity (Wildman–Crippen MR) is 103 cm³/mol. The maximum Gasteiger partial charge on any atom is 0.322 e. The van der Waals surface area contributed by atoms with E-state index in [1.165, 1.54) is 0 Å². The van der Waals surface area contributed by atoms with Crippen molar-refractivity contribution < 1.29 is 18.7 Å². The van der Waals surface area contributed by atoms with Crippen molar-refractivity contribution in [2.45, 2.75) is 26.7 Å². The van der Waals surface area contributed by atoms with Gasteiger partial charge < -0.3 is 13.9 Å². The largest absolute Gasteiger partial charge is 0.486 e. The van der Waals surface area contributed by atoms with Crippen LogP contribution in [0.25, 0.3) is 0 Å². The van der Waals surface area contributed by atoms with E-state index in [1.807, 2.05) is 50.2 Å². The third-order valence-electron chi connectivity index (χ3n) is 4.53. The molecular formula is C21H21N3O4. The van der Waals surface area contributed by atoms with Crippen LogP contribution in [0.2, 0.25) is 0 Å². The molecule has 3 aromatic rings. The number of aryl methyl sites for hydroxylation is 2. The molecule has 2 aromatic carbocycles. The number of amides is 1. The molecule has 1 aliphatic rings. The van der Waals surface area contributed by atoms with E-state index in [0.717, 1.165) is 28.0 Å². The number of hydrogen-bond donors (Lipinski definition) is 1. The summed E-state index contributed by atoms with van der Waals surface area (Å²) in [6.07, 6.45) is 0.698. The van der Waals surface area contributed by atoms with Crippen LogP contribution in [-0.2, 0) is 17.6 Å². The fourth-order valence-electron chi connectivity index (χ4n) is 3.08. The van der Waals surface area contributed by atoms with E-state index in [2.05, 4.69) is 15.5 Å². The average molecular weight is 379 g/mol. The van der Waals surface area contributed by atoms with Crippen LogP contribution < -0.4 is 14.8 Å². The van der Waals surface area contributed by atoms with Crippen molar-refractivity contribution in [1.29, 1.82) is 0 Å². The normalized spacial score (nSPS) is 12.6. The first kappa shape index (κ1) is 18.0. The highest BCUT2D eigenvalue weighted by molar-refractivity contribution is 5.90. The summed E-state index contributed by atoms with van der Waals surface area (Å²) in [7, 11) is 0. The van der Waals surface area contributed by atoms with Crippen LogP contribution in [0.4, 0.5) is 6.01 Å². The molecule has 0 saturated carbocycles. The zero-order valence-electron chi connectivity index (χ0n) is 15.8. The van der Waals surface area contributed by atoms with Gasteiger partial charge in [0.05, 0.1) is 12.8 Å². The van der Waals surface area contributed by atoms with E-state index in [9.17, 15) is 4.79 Å². The number of rotatable bonds is 5. The quantitative estimate of drug-likeness (QED) is 0.732. The first-order valence-electron chi connectivity index (χ1n) is 9.14. The topological polar surface area (TPSA) is 86.5 Å². The fraction of sp³-hybridized carbons (Fsp3) is 0.286. The molecular weight excluding hydrogens is 358 g/mol. The first-order chi connectivity index (χ1) is 13.6. The molecule has 0 fully saturated rings. The van der Waals surface area contributed by atoms with Crippen molar-refractivity contribution in [2.24, 2.45) is 0 Å². The van der Waals surface area contributed by atoms with Gasteiger partial charge in [-0.2, -0.15) is 0 Å². The zero-order chi connectivity index (χ0) is 19.5. The lowest BCUT2D eigenvalue weighted by Crippen LogP contribution is -2.15. The molecule has 0 unspecified atom stereocenters. The van der Waals surface area contributed by atoms with Crippen LogP contribution in [0.15, 0.2) is 40.8 Å². The highest BCUT2D eigenvalue weighted by atomic mass is 16.6. The number of nitrogens with zero attached hydrogens (tertiary/aromatic N) is 2. The van der Waals surface area contributed by atoms with Gasteiger partial charge in [0, 0.05) is 0 Å². The van der Waals surface area contributed by atoms with Crippen LogP contribution in [0.1, 0.15) is 28.1 Å². The molecule has 1 amide bonds. The van der Waals surface area contributed by atoms with Crippen LogP contribution in [0.3, 0.4) is 0 Å². The van der Waals surface area contributed by atoms with E-state index in [0.29, 0.717) is 31.3 Å². The second kappa shape index (κ2) is 7.72. The van der Waals surface area contributed by atoms with Gasteiger partial charge >= 0.3 is 6.01 Å². The van der Waals surface area contributed by atoms with Crippen molar-refractivity contribution >= 4 is 11.9 Å². The fourth-order valence-corrected chi connectivity index (χ4v) is 3.08. The Morgan fingerprint density at radius 2 is 1.86 bits per heavy atom. The van der Waals surface area contributed by atoms with Gasteiger partial charge in [0.25, 0.3) is 0 Å². The van der Waals surface area contributed by atoms with E-state index in [1.54, 1.807) is 0 Å². The number of aromatic nitrogens is 2. The molecule has 0 radical (unpaired) electrons. The van der Waals surface area contributed by atoms with Crippen molar-refractivity contribution in [3.05, 3.63) is 64.5 Å². The number of hydrogen-bond acceptors (Lipinski definition) is 6. The molecule has 7 nitrogen and oxygen atoms in total. The third-order valence-corrected chi connectivity index (χ3v) is 4.53. The lowest BCUT2D eigenvalue weighted by molar-refractivity contribution is -0.115. The van der Waals surface area contributed by atoms with Gasteiger partial charge in [-0.25, -0.2) is 0 Å². The molecule has 2 heterocycles. The number of nitrogens with one attached hydrogen (secondary N) is 1. The Morgan fingerprint density at radius 3 is 2.71 bits per heavy atom. The molecule has 0 aliphatic carbocycles. The average Bonchev–Trinajstić information content (AvgIpc) is 3.11. The second-order valence-electron chi connectivity index (χ2n) is 6.81. The van der Waals surface area contributed by atoms with Crippen LogP contribution >= 0.6 is 0 Å². The number of benzene rings is 2. The highest BCUT2D eigenvalue weighted by Gasteiger charge is 2.15. The standard InChI is InChI=1S/C21H21N3O4/c1-13-3-4-14(2)16(9-13)12-19(25)22-21-24-23-20(28-21)11-15-5-6-17-18(10-15)27-8-7-26-17/h3-6,9-10H,7-8,11-12H2,1-2H3,(H,22,24,25). The predicted octanol–water partition coefficient (Wildman–Crippen LogP) is 3.23. The molecule has 4 rings (SSSR count). The molecule has 1 N–H and O–H groups in total. The van der Waals surface area contributed by atoms with Gasteiger partial charge in [0.15, 0.2) is 11.5 Å². The summed E-state index contributed by atoms with van der Waals surface area (Å²) in [6, 6.07) is 11.8. The monoisotopic (exact) mass is 379 g/mol. The molecule has 1 aromatic heterocycles. The molecule has 0 spiro atoms. The lowest BCUT2D eigenvalue weighted by atomic mass is 10.0. The minimum absolute atomic E-state index is 0.0999. The smallest absolute Gasteiger partial charge is 0.322 e. The first-order valence-corrected chi connectivity index (χ1v) is 9.14. The Morgan fingerprint density at radius 1 is 1.04 bits per heavy atom. The van der Waals surface area contributed by atoms with Gasteiger partial charge in [-0.3, -0.25) is 10.1 Å². The van der Waals surface area contributed by atoms with Crippen molar-refractivity contribution in [3.63, 3.8) is 0 Å². The summed E-state index contributed by atoms with van der Waals surface area (Å²) in [5, 5.41) is 10.6. The molecule has 0 bridgehead atoms. The summed E-state index contributed by atoms with van der Waals surface area (Å²) in [5.74, 6) is 1.67. The Kier molecular flexibility index (Phi) is 4.97. The highest BCUT2D eigenvalue weighted by Crippen LogP contribution is 2.31. The number of carbonyl (C=O) groups is 1. The summed E-state index contributed by atoms with van der Waals surface area (Å²) >= 11 is 0. The number of anilines is 1. The Bertz CT molecular complexity index is 1010. The van der Waals surface area contributed by atoms with Crippen molar-refractivity contribution in [1.82, 2.24) is 10.2 Å². The summed E-state index contributed by atoms with van der Waals surface area (Å²) in [4.78, 5) is 12.3. The van der Waals surface area contributed by atoms with Crippen molar-refractivity contribution in [3.8, 4) is 11.5 Å². The Labute approximate surface area is 162 Å². The van der Waals surface area contributed by atoms with E-state index in [-0.39, 0.29) is 18.3 Å². The van der Waals surface area contributed by atoms with Crippen LogP contribution in [-0.4, -0.2) is 29.3 Å². The van der Waals surface area contributed by atoms with Gasteiger partial charge in [0.2, 0.25) is 11.8 Å². The van der Waals surface area contributed by atoms with E-state index >= 15 is 0 Å². The Hall–Kier alpha value is -3.35. The maximum absolute atomic E-state index is 12.3. The SMILES string of the molecule is Cc1ccc(C)c(CC(=O)Nc2nnc(Cc3ccc4c(c3)OCCO4)o2)c1. The van der Waals surface area contributed by atoms with E-state index in [4.69, 9.17) is 13.9 Å². The molecule has 0 saturated heterocycles. The van der Waals surface area contributed by atoms with Gasteiger partial charge in [-0.05, 0) is 42.7 Å². The minimum Gasteiger partial charge on any atom is -0.486 e. The summed E-state index contributed by atoms with van der Waals surface area (Å²) in [6.45, 7) is 5.08. The van der Waals surface area contributed by atoms with Crippen LogP contribution in [0, 0.1) is 13.8 Å². The molecule has 28 heavy (non-hydrogen) atoms. The Balaban J connectivity index is 1.39. The molecule has 1 aliphatic heterocycles. The molecule has 0 atom stereocenters. The minimum atomic E-state index is -0.191. The maximum atomic E-state index is 12.3. The van der Waals surface area contributed by atoms with Crippen LogP contribution in [0.5, 0.6) is 11.5 Å². The lowest BCUT2D eigenvalue weighted by Gasteiger charge is -2.18. The number of fused-ring (bicyclic) bond motifs is 1. The number of ether oxygens (including phenoxy) is 2. The third kappa shape index (κ3) is 4.14. The van der Waals surface area contributed by atoms with Gasteiger partial charge in [-0.1, -0.05) is 34.9 Å². The summed E-state index contributed by atoms with van der Waals surface area (Å²) in [5.41, 5.74) is 4.13. The molecule has 7 heteroatoms. The number of carbonyl (C=O) groups excluding carboxylic acids is 1. The van der Waals surface area contributed by atoms with Gasteiger partial charge in [0.1, 0.15) is 13.2 Å². The zero-order valence-corrected chi connectivity index (χ0v) is 15.8. The molecule has 144 valence electrons. The van der Waals surface area contributed by atoms with Gasteiger partial charge in [-0.15, -0.1) is 5.10 Å². The van der Waals surface area contributed by atoms with E-state index < -0.39 is 0 Å².